The highest BCUT2D eigenvalue weighted by atomic mass is 32.1. The van der Waals surface area contributed by atoms with E-state index in [4.69, 9.17) is 28.4 Å². The van der Waals surface area contributed by atoms with E-state index in [0.29, 0.717) is 27.8 Å². The number of thiazole rings is 2. The van der Waals surface area contributed by atoms with Crippen LogP contribution in [0.15, 0.2) is 202 Å². The molecule has 20 heteroatoms. The smallest absolute Gasteiger partial charge is 0.367 e. The van der Waals surface area contributed by atoms with Crippen molar-refractivity contribution in [3.8, 4) is 32.6 Å². The van der Waals surface area contributed by atoms with Crippen molar-refractivity contribution < 1.29 is 57.5 Å². The molecule has 0 bridgehead atoms. The highest BCUT2D eigenvalue weighted by Crippen LogP contribution is 2.57. The SMILES string of the molecule is O=C1/C(=N\c2nc3c(s2)-c2cc4c(cc2C(C(=O)OCc2ccccc2)(C(=O)OCc2ccccc2)O3)-c2sc(N=c3c(=O)c5ccccc5c3=O)nc2OC4(C(=O)OCc2ccccc2)C(=O)OCc2ccccc2)C(O)c2ccccc21. The van der Waals surface area contributed by atoms with Crippen LogP contribution < -0.4 is 25.7 Å². The van der Waals surface area contributed by atoms with Gasteiger partial charge in [0.05, 0.1) is 0 Å². The van der Waals surface area contributed by atoms with Gasteiger partial charge >= 0.3 is 35.1 Å². The largest absolute Gasteiger partial charge is 0.457 e. The van der Waals surface area contributed by atoms with Crippen molar-refractivity contribution in [2.75, 3.05) is 0 Å². The molecule has 0 amide bonds. The second-order valence-corrected chi connectivity index (χ2v) is 21.5. The van der Waals surface area contributed by atoms with Crippen molar-refractivity contribution in [2.45, 2.75) is 43.7 Å². The van der Waals surface area contributed by atoms with Gasteiger partial charge in [-0.3, -0.25) is 14.4 Å². The minimum absolute atomic E-state index is 0.0320. The second-order valence-electron chi connectivity index (χ2n) is 19.5. The lowest BCUT2D eigenvalue weighted by Crippen LogP contribution is -2.54. The van der Waals surface area contributed by atoms with E-state index in [-0.39, 0.29) is 90.7 Å². The molecule has 1 unspecified atom stereocenters. The Balaban J connectivity index is 1.07. The number of carbonyl (C=O) groups is 5. The number of esters is 4. The molecule has 412 valence electrons. The van der Waals surface area contributed by atoms with Gasteiger partial charge < -0.3 is 33.5 Å². The Morgan fingerprint density at radius 2 is 0.833 bits per heavy atom. The number of Topliss-reactive ketones (excluding diaryl/α,β-unsaturated/α-hetero) is 1. The molecule has 3 aliphatic rings. The predicted octanol–water partition coefficient (Wildman–Crippen LogP) is 9.07. The Hall–Kier alpha value is -10.4. The number of aliphatic hydroxyl groups is 1. The van der Waals surface area contributed by atoms with E-state index < -0.39 is 74.9 Å². The van der Waals surface area contributed by atoms with Crippen LogP contribution in [0.25, 0.3) is 31.7 Å². The molecule has 0 saturated heterocycles. The molecular formula is C64H40N4O14S2. The molecule has 1 aliphatic carbocycles. The topological polar surface area (TPSA) is 246 Å². The van der Waals surface area contributed by atoms with E-state index in [1.165, 1.54) is 24.3 Å². The maximum absolute atomic E-state index is 15.5. The number of benzene rings is 7. The quantitative estimate of drug-likeness (QED) is 0.0606. The van der Waals surface area contributed by atoms with Gasteiger partial charge in [0.25, 0.3) is 0 Å². The third-order valence-electron chi connectivity index (χ3n) is 14.3. The molecule has 0 fully saturated rings. The van der Waals surface area contributed by atoms with E-state index in [2.05, 4.69) is 20.0 Å². The summed E-state index contributed by atoms with van der Waals surface area (Å²) in [5.74, 6) is -6.55. The van der Waals surface area contributed by atoms with Crippen LogP contribution in [-0.4, -0.2) is 50.4 Å². The maximum atomic E-state index is 15.5. The zero-order valence-corrected chi connectivity index (χ0v) is 45.2. The molecule has 2 aromatic heterocycles. The third kappa shape index (κ3) is 9.14. The van der Waals surface area contributed by atoms with Gasteiger partial charge in [0.15, 0.2) is 5.36 Å². The number of aromatic nitrogens is 2. The van der Waals surface area contributed by atoms with Crippen LogP contribution in [0, 0.1) is 0 Å². The molecule has 0 radical (unpaired) electrons. The van der Waals surface area contributed by atoms with Crippen molar-refractivity contribution in [3.05, 3.63) is 252 Å². The lowest BCUT2D eigenvalue weighted by Gasteiger charge is -2.38. The average molecular weight is 1150 g/mol. The standard InChI is InChI=1S/C64H40N4O14S2/c69-49-39-25-13-14-26-40(39)50(70)47(49)65-61-67-55-53(83-61)43-30-46-44(29-45(43)63(81-55,57(73)77-31-35-17-5-1-6-18-35)58(74)78-32-36-19-7-2-8-20-36)54-56(68-62(84-54)66-48-51(71)41-27-15-16-28-42(41)52(48)72)82-64(46,59(75)79-33-37-21-9-3-10-22-37)60(76)80-34-38-23-11-4-12-24-38/h1-30,49,69H,31-34H2/b65-47-. The first-order valence-electron chi connectivity index (χ1n) is 26.0. The van der Waals surface area contributed by atoms with Crippen LogP contribution in [0.5, 0.6) is 11.8 Å². The normalized spacial score (nSPS) is 15.3. The minimum Gasteiger partial charge on any atom is -0.457 e. The third-order valence-corrected chi connectivity index (χ3v) is 16.3. The summed E-state index contributed by atoms with van der Waals surface area (Å²) in [6, 6.07) is 49.8. The van der Waals surface area contributed by atoms with Crippen molar-refractivity contribution in [1.29, 1.82) is 0 Å². The monoisotopic (exact) mass is 1150 g/mol. The Morgan fingerprint density at radius 1 is 0.476 bits per heavy atom. The van der Waals surface area contributed by atoms with Crippen LogP contribution in [0.3, 0.4) is 0 Å². The number of hydrogen-bond donors (Lipinski definition) is 1. The van der Waals surface area contributed by atoms with Gasteiger partial charge in [-0.05, 0) is 39.9 Å². The first-order chi connectivity index (χ1) is 40.9. The second kappa shape index (κ2) is 21.5. The summed E-state index contributed by atoms with van der Waals surface area (Å²) in [6.45, 7) is -1.50. The molecular weight excluding hydrogens is 1110 g/mol. The van der Waals surface area contributed by atoms with Gasteiger partial charge in [-0.15, -0.1) is 0 Å². The van der Waals surface area contributed by atoms with Crippen molar-refractivity contribution >= 4 is 79.1 Å². The van der Waals surface area contributed by atoms with E-state index in [1.54, 1.807) is 158 Å². The summed E-state index contributed by atoms with van der Waals surface area (Å²) in [5, 5.41) is 10.8. The summed E-state index contributed by atoms with van der Waals surface area (Å²) in [6.07, 6.45) is -1.46. The van der Waals surface area contributed by atoms with Crippen LogP contribution >= 0.6 is 22.7 Å². The minimum atomic E-state index is -2.95. The van der Waals surface area contributed by atoms with Gasteiger partial charge in [-0.2, -0.15) is 9.97 Å². The number of aliphatic hydroxyl groups excluding tert-OH is 1. The van der Waals surface area contributed by atoms with Gasteiger partial charge in [0.2, 0.25) is 38.7 Å². The molecule has 2 aliphatic heterocycles. The molecule has 4 heterocycles. The van der Waals surface area contributed by atoms with Gasteiger partial charge in [0, 0.05) is 38.6 Å². The van der Waals surface area contributed by atoms with Gasteiger partial charge in [-0.25, -0.2) is 29.2 Å². The number of rotatable bonds is 14. The zero-order chi connectivity index (χ0) is 57.7. The van der Waals surface area contributed by atoms with Crippen LogP contribution in [-0.2, 0) is 75.8 Å². The highest BCUT2D eigenvalue weighted by molar-refractivity contribution is 7.19. The zero-order valence-electron chi connectivity index (χ0n) is 43.6. The molecule has 1 N–H and O–H groups in total. The first kappa shape index (κ1) is 52.9. The number of nitrogens with zero attached hydrogens (tertiary/aromatic N) is 4. The Kier molecular flexibility index (Phi) is 13.5. The number of aliphatic imine (C=N–C) groups is 1. The maximum Gasteiger partial charge on any atom is 0.367 e. The molecule has 1 atom stereocenters. The number of ketones is 1. The lowest BCUT2D eigenvalue weighted by atomic mass is 9.79. The van der Waals surface area contributed by atoms with E-state index in [0.717, 1.165) is 22.7 Å². The van der Waals surface area contributed by atoms with Crippen LogP contribution in [0.1, 0.15) is 55.4 Å². The van der Waals surface area contributed by atoms with Crippen LogP contribution in [0.4, 0.5) is 10.3 Å². The Morgan fingerprint density at radius 3 is 1.23 bits per heavy atom. The highest BCUT2D eigenvalue weighted by Gasteiger charge is 2.63. The summed E-state index contributed by atoms with van der Waals surface area (Å²) in [4.78, 5) is 122. The molecule has 10 aromatic rings. The fraction of sp³-hybridized carbons (Fsp3) is 0.109. The molecule has 13 rings (SSSR count). The van der Waals surface area contributed by atoms with Crippen molar-refractivity contribution in [2.24, 2.45) is 9.98 Å². The van der Waals surface area contributed by atoms with E-state index in [1.807, 2.05) is 0 Å². The number of fused-ring (bicyclic) bond motifs is 8. The molecule has 8 aromatic carbocycles. The summed E-state index contributed by atoms with van der Waals surface area (Å²) in [5.41, 5.74) is -5.52. The lowest BCUT2D eigenvalue weighted by molar-refractivity contribution is -0.185. The van der Waals surface area contributed by atoms with E-state index >= 15 is 19.2 Å². The summed E-state index contributed by atoms with van der Waals surface area (Å²) >= 11 is 1.61. The fourth-order valence-electron chi connectivity index (χ4n) is 10.2. The molecule has 0 saturated carbocycles. The number of hydrogen-bond acceptors (Lipinski definition) is 20. The molecule has 0 spiro atoms. The summed E-state index contributed by atoms with van der Waals surface area (Å²) < 4.78 is 37.5. The fourth-order valence-corrected chi connectivity index (χ4v) is 12.0. The van der Waals surface area contributed by atoms with Gasteiger partial charge in [0.1, 0.15) is 48.0 Å². The van der Waals surface area contributed by atoms with E-state index in [9.17, 15) is 19.5 Å². The van der Waals surface area contributed by atoms with Gasteiger partial charge in [-0.1, -0.05) is 193 Å². The van der Waals surface area contributed by atoms with Crippen molar-refractivity contribution in [1.82, 2.24) is 9.97 Å². The average Bonchev–Trinajstić information content (AvgIpc) is 1.27. The molecule has 18 nitrogen and oxygen atoms in total. The Bertz CT molecular complexity index is 4360. The number of carbonyl (C=O) groups excluding carboxylic acids is 5. The Labute approximate surface area is 482 Å². The number of ether oxygens (including phenoxy) is 6. The van der Waals surface area contributed by atoms with Crippen LogP contribution in [0.2, 0.25) is 0 Å². The summed E-state index contributed by atoms with van der Waals surface area (Å²) in [7, 11) is 0. The van der Waals surface area contributed by atoms with Crippen molar-refractivity contribution in [3.63, 3.8) is 0 Å². The predicted molar refractivity (Wildman–Crippen MR) is 305 cm³/mol. The molecule has 84 heavy (non-hydrogen) atoms. The first-order valence-corrected chi connectivity index (χ1v) is 27.7.